The third kappa shape index (κ3) is 3.85. The molecule has 0 radical (unpaired) electrons. The molecule has 8 nitrogen and oxygen atoms in total. The van der Waals surface area contributed by atoms with Crippen molar-refractivity contribution in [3.8, 4) is 5.75 Å². The van der Waals surface area contributed by atoms with Crippen LogP contribution in [0.3, 0.4) is 0 Å². The van der Waals surface area contributed by atoms with Crippen molar-refractivity contribution < 1.29 is 23.1 Å². The van der Waals surface area contributed by atoms with Gasteiger partial charge in [0.2, 0.25) is 10.0 Å². The lowest BCUT2D eigenvalue weighted by Crippen LogP contribution is -2.40. The number of morpholine rings is 1. The molecule has 0 bridgehead atoms. The van der Waals surface area contributed by atoms with E-state index in [-0.39, 0.29) is 29.3 Å². The van der Waals surface area contributed by atoms with Gasteiger partial charge in [0.1, 0.15) is 11.6 Å². The highest BCUT2D eigenvalue weighted by atomic mass is 32.2. The quantitative estimate of drug-likeness (QED) is 0.833. The summed E-state index contributed by atoms with van der Waals surface area (Å²) < 4.78 is 31.9. The molecule has 2 aromatic rings. The summed E-state index contributed by atoms with van der Waals surface area (Å²) >= 11 is 0. The van der Waals surface area contributed by atoms with E-state index in [1.807, 2.05) is 0 Å². The summed E-state index contributed by atoms with van der Waals surface area (Å²) in [6.45, 7) is 2.92. The maximum Gasteiger partial charge on any atom is 0.260 e. The van der Waals surface area contributed by atoms with Gasteiger partial charge in [-0.15, -0.1) is 0 Å². The van der Waals surface area contributed by atoms with Gasteiger partial charge in [0.15, 0.2) is 0 Å². The molecule has 3 rings (SSSR count). The number of phenolic OH excluding ortho intramolecular Hbond substituents is 1. The van der Waals surface area contributed by atoms with Gasteiger partial charge in [0.25, 0.3) is 5.91 Å². The second-order valence-electron chi connectivity index (χ2n) is 5.81. The number of nitrogens with one attached hydrogen (secondary N) is 1. The molecule has 1 aromatic carbocycles. The van der Waals surface area contributed by atoms with Gasteiger partial charge in [-0.2, -0.15) is 4.31 Å². The largest absolute Gasteiger partial charge is 0.507 e. The Bertz CT molecular complexity index is 924. The molecule has 0 unspecified atom stereocenters. The van der Waals surface area contributed by atoms with Gasteiger partial charge in [0, 0.05) is 18.8 Å². The molecule has 0 aliphatic carbocycles. The van der Waals surface area contributed by atoms with Crippen LogP contribution in [0, 0.1) is 6.92 Å². The Morgan fingerprint density at radius 1 is 1.23 bits per heavy atom. The predicted molar refractivity (Wildman–Crippen MR) is 94.6 cm³/mol. The average Bonchev–Trinajstić information content (AvgIpc) is 2.62. The van der Waals surface area contributed by atoms with Gasteiger partial charge in [0.05, 0.1) is 23.7 Å². The maximum absolute atomic E-state index is 12.7. The van der Waals surface area contributed by atoms with Crippen LogP contribution in [0.15, 0.2) is 41.3 Å². The normalized spacial score (nSPS) is 15.6. The molecule has 2 heterocycles. The van der Waals surface area contributed by atoms with E-state index in [1.165, 1.54) is 22.5 Å². The molecule has 26 heavy (non-hydrogen) atoms. The Kier molecular flexibility index (Phi) is 5.21. The molecule has 1 amide bonds. The van der Waals surface area contributed by atoms with Crippen LogP contribution in [0.4, 0.5) is 5.82 Å². The number of aromatic hydroxyl groups is 1. The topological polar surface area (TPSA) is 109 Å². The Balaban J connectivity index is 1.88. The number of aromatic nitrogens is 1. The van der Waals surface area contributed by atoms with Crippen molar-refractivity contribution in [2.45, 2.75) is 11.8 Å². The number of ether oxygens (including phenoxy) is 1. The highest BCUT2D eigenvalue weighted by Gasteiger charge is 2.27. The monoisotopic (exact) mass is 377 g/mol. The van der Waals surface area contributed by atoms with Gasteiger partial charge < -0.3 is 15.2 Å². The fraction of sp³-hybridized carbons (Fsp3) is 0.294. The summed E-state index contributed by atoms with van der Waals surface area (Å²) in [6, 6.07) is 8.77. The summed E-state index contributed by atoms with van der Waals surface area (Å²) in [5, 5.41) is 12.6. The van der Waals surface area contributed by atoms with E-state index in [0.717, 1.165) is 5.69 Å². The molecule has 1 aliphatic heterocycles. The van der Waals surface area contributed by atoms with Crippen LogP contribution in [0.1, 0.15) is 16.1 Å². The van der Waals surface area contributed by atoms with E-state index in [2.05, 4.69) is 10.3 Å². The molecular weight excluding hydrogens is 358 g/mol. The summed E-state index contributed by atoms with van der Waals surface area (Å²) in [6.07, 6.45) is 0. The van der Waals surface area contributed by atoms with Crippen molar-refractivity contribution in [3.05, 3.63) is 47.7 Å². The number of hydrogen-bond acceptors (Lipinski definition) is 6. The number of benzene rings is 1. The average molecular weight is 377 g/mol. The van der Waals surface area contributed by atoms with E-state index in [1.54, 1.807) is 25.1 Å². The molecule has 0 spiro atoms. The van der Waals surface area contributed by atoms with Crippen molar-refractivity contribution in [3.63, 3.8) is 0 Å². The lowest BCUT2D eigenvalue weighted by atomic mass is 10.2. The Morgan fingerprint density at radius 2 is 1.96 bits per heavy atom. The minimum absolute atomic E-state index is 0.0560. The first-order valence-corrected chi connectivity index (χ1v) is 9.48. The molecular formula is C17H19N3O5S. The van der Waals surface area contributed by atoms with Crippen molar-refractivity contribution >= 4 is 21.7 Å². The summed E-state index contributed by atoms with van der Waals surface area (Å²) in [5.41, 5.74) is 0.582. The first-order chi connectivity index (χ1) is 12.4. The van der Waals surface area contributed by atoms with Gasteiger partial charge in [-0.05, 0) is 37.3 Å². The lowest BCUT2D eigenvalue weighted by molar-refractivity contribution is 0.0730. The minimum atomic E-state index is -3.77. The number of anilines is 1. The van der Waals surface area contributed by atoms with Crippen LogP contribution in [0.2, 0.25) is 0 Å². The van der Waals surface area contributed by atoms with Crippen LogP contribution in [-0.4, -0.2) is 55.0 Å². The molecule has 1 aliphatic rings. The highest BCUT2D eigenvalue weighted by molar-refractivity contribution is 7.89. The fourth-order valence-electron chi connectivity index (χ4n) is 2.59. The smallest absolute Gasteiger partial charge is 0.260 e. The van der Waals surface area contributed by atoms with Gasteiger partial charge >= 0.3 is 0 Å². The molecule has 0 saturated carbocycles. The number of amides is 1. The third-order valence-electron chi connectivity index (χ3n) is 3.95. The van der Waals surface area contributed by atoms with Gasteiger partial charge in [-0.25, -0.2) is 13.4 Å². The third-order valence-corrected chi connectivity index (χ3v) is 5.85. The zero-order valence-corrected chi connectivity index (χ0v) is 15.0. The number of nitrogens with zero attached hydrogens (tertiary/aromatic N) is 2. The van der Waals surface area contributed by atoms with Crippen molar-refractivity contribution in [1.82, 2.24) is 9.29 Å². The zero-order chi connectivity index (χ0) is 18.7. The predicted octanol–water partition coefficient (Wildman–Crippen LogP) is 1.37. The second kappa shape index (κ2) is 7.40. The summed E-state index contributed by atoms with van der Waals surface area (Å²) in [5.74, 6) is -0.633. The van der Waals surface area contributed by atoms with E-state index in [4.69, 9.17) is 4.74 Å². The van der Waals surface area contributed by atoms with Crippen molar-refractivity contribution in [1.29, 1.82) is 0 Å². The molecule has 1 fully saturated rings. The second-order valence-corrected chi connectivity index (χ2v) is 7.75. The molecule has 1 aromatic heterocycles. The van der Waals surface area contributed by atoms with Crippen LogP contribution >= 0.6 is 0 Å². The highest BCUT2D eigenvalue weighted by Crippen LogP contribution is 2.25. The Hall–Kier alpha value is -2.49. The maximum atomic E-state index is 12.7. The number of carbonyl (C=O) groups excluding carboxylic acids is 1. The standard InChI is InChI=1S/C17H19N3O5S/c1-12-3-2-4-16(18-12)19-17(22)14-11-13(5-6-15(14)21)26(23,24)20-7-9-25-10-8-20/h2-6,11,21H,7-10H2,1H3,(H,18,19,22). The van der Waals surface area contributed by atoms with E-state index >= 15 is 0 Å². The number of rotatable bonds is 4. The van der Waals surface area contributed by atoms with Crippen molar-refractivity contribution in [2.75, 3.05) is 31.6 Å². The van der Waals surface area contributed by atoms with Crippen LogP contribution in [0.5, 0.6) is 5.75 Å². The molecule has 2 N–H and O–H groups in total. The summed E-state index contributed by atoms with van der Waals surface area (Å²) in [4.78, 5) is 16.6. The van der Waals surface area contributed by atoms with E-state index in [9.17, 15) is 18.3 Å². The number of pyridine rings is 1. The first-order valence-electron chi connectivity index (χ1n) is 8.04. The molecule has 9 heteroatoms. The number of carbonyl (C=O) groups is 1. The van der Waals surface area contributed by atoms with Gasteiger partial charge in [-0.3, -0.25) is 4.79 Å². The summed E-state index contributed by atoms with van der Waals surface area (Å²) in [7, 11) is -3.77. The molecule has 0 atom stereocenters. The van der Waals surface area contributed by atoms with Crippen molar-refractivity contribution in [2.24, 2.45) is 0 Å². The van der Waals surface area contributed by atoms with Crippen LogP contribution in [0.25, 0.3) is 0 Å². The van der Waals surface area contributed by atoms with E-state index in [0.29, 0.717) is 19.0 Å². The number of hydrogen-bond donors (Lipinski definition) is 2. The minimum Gasteiger partial charge on any atom is -0.507 e. The SMILES string of the molecule is Cc1cccc(NC(=O)c2cc(S(=O)(=O)N3CCOCC3)ccc2O)n1. The fourth-order valence-corrected chi connectivity index (χ4v) is 4.02. The zero-order valence-electron chi connectivity index (χ0n) is 14.2. The van der Waals surface area contributed by atoms with E-state index < -0.39 is 15.9 Å². The number of sulfonamides is 1. The first kappa shape index (κ1) is 18.3. The Morgan fingerprint density at radius 3 is 2.65 bits per heavy atom. The van der Waals surface area contributed by atoms with Crippen LogP contribution in [-0.2, 0) is 14.8 Å². The Labute approximate surface area is 151 Å². The van der Waals surface area contributed by atoms with Crippen LogP contribution < -0.4 is 5.32 Å². The van der Waals surface area contributed by atoms with Gasteiger partial charge in [-0.1, -0.05) is 6.07 Å². The molecule has 138 valence electrons. The molecule has 1 saturated heterocycles. The number of aryl methyl sites for hydroxylation is 1. The number of phenols is 1. The lowest BCUT2D eigenvalue weighted by Gasteiger charge is -2.26.